The van der Waals surface area contributed by atoms with Crippen LogP contribution in [0.1, 0.15) is 26.2 Å². The summed E-state index contributed by atoms with van der Waals surface area (Å²) in [5.74, 6) is 1.16. The highest BCUT2D eigenvalue weighted by atomic mass is 32.2. The smallest absolute Gasteiger partial charge is 0.260 e. The van der Waals surface area contributed by atoms with E-state index in [-0.39, 0.29) is 5.03 Å². The summed E-state index contributed by atoms with van der Waals surface area (Å²) in [5.41, 5.74) is 0.523. The van der Waals surface area contributed by atoms with E-state index in [2.05, 4.69) is 21.9 Å². The predicted molar refractivity (Wildman–Crippen MR) is 75.5 cm³/mol. The number of hydrogen-bond acceptors (Lipinski definition) is 4. The molecule has 1 heterocycles. The predicted octanol–water partition coefficient (Wildman–Crippen LogP) is 1.84. The van der Waals surface area contributed by atoms with E-state index < -0.39 is 10.0 Å². The zero-order chi connectivity index (χ0) is 13.9. The van der Waals surface area contributed by atoms with E-state index in [0.717, 1.165) is 12.8 Å². The second-order valence-corrected chi connectivity index (χ2v) is 6.92. The Bertz CT molecular complexity index is 530. The van der Waals surface area contributed by atoms with Crippen LogP contribution in [-0.2, 0) is 10.0 Å². The number of nitrogens with one attached hydrogen (secondary N) is 2. The van der Waals surface area contributed by atoms with Crippen molar-refractivity contribution in [3.8, 4) is 0 Å². The van der Waals surface area contributed by atoms with Crippen LogP contribution in [0, 0.1) is 11.8 Å². The topological polar surface area (TPSA) is 71.1 Å². The lowest BCUT2D eigenvalue weighted by atomic mass is 10.1. The third kappa shape index (κ3) is 3.45. The van der Waals surface area contributed by atoms with E-state index in [0.29, 0.717) is 24.1 Å². The summed E-state index contributed by atoms with van der Waals surface area (Å²) in [7, 11) is -1.84. The summed E-state index contributed by atoms with van der Waals surface area (Å²) >= 11 is 0. The Labute approximate surface area is 114 Å². The SMILES string of the molecule is CNc1cccnc1S(=O)(=O)NCC1CCC(C)C1. The first kappa shape index (κ1) is 14.3. The number of anilines is 1. The summed E-state index contributed by atoms with van der Waals surface area (Å²) in [4.78, 5) is 3.97. The molecule has 1 aromatic rings. The van der Waals surface area contributed by atoms with E-state index >= 15 is 0 Å². The molecule has 5 nitrogen and oxygen atoms in total. The second kappa shape index (κ2) is 5.88. The molecule has 0 amide bonds. The normalized spacial score (nSPS) is 23.5. The average molecular weight is 283 g/mol. The lowest BCUT2D eigenvalue weighted by Crippen LogP contribution is -2.29. The molecule has 0 aliphatic heterocycles. The lowest BCUT2D eigenvalue weighted by molar-refractivity contribution is 0.497. The van der Waals surface area contributed by atoms with E-state index in [1.807, 2.05) is 0 Å². The van der Waals surface area contributed by atoms with Crippen molar-refractivity contribution in [3.05, 3.63) is 18.3 Å². The van der Waals surface area contributed by atoms with Crippen LogP contribution in [0.15, 0.2) is 23.4 Å². The minimum atomic E-state index is -3.53. The maximum atomic E-state index is 12.2. The van der Waals surface area contributed by atoms with Gasteiger partial charge in [-0.25, -0.2) is 18.1 Å². The van der Waals surface area contributed by atoms with Gasteiger partial charge in [-0.15, -0.1) is 0 Å². The monoisotopic (exact) mass is 283 g/mol. The van der Waals surface area contributed by atoms with E-state index in [1.165, 1.54) is 12.6 Å². The van der Waals surface area contributed by atoms with Crippen LogP contribution in [0.2, 0.25) is 0 Å². The highest BCUT2D eigenvalue weighted by Gasteiger charge is 2.25. The molecule has 0 radical (unpaired) electrons. The van der Waals surface area contributed by atoms with Gasteiger partial charge in [0.05, 0.1) is 5.69 Å². The van der Waals surface area contributed by atoms with Crippen molar-refractivity contribution in [2.75, 3.05) is 18.9 Å². The van der Waals surface area contributed by atoms with Crippen molar-refractivity contribution >= 4 is 15.7 Å². The third-order valence-corrected chi connectivity index (χ3v) is 5.04. The molecule has 1 aromatic heterocycles. The van der Waals surface area contributed by atoms with E-state index in [4.69, 9.17) is 0 Å². The van der Waals surface area contributed by atoms with Gasteiger partial charge < -0.3 is 5.32 Å². The fourth-order valence-electron chi connectivity index (χ4n) is 2.60. The van der Waals surface area contributed by atoms with E-state index in [9.17, 15) is 8.42 Å². The Kier molecular flexibility index (Phi) is 4.42. The Morgan fingerprint density at radius 2 is 2.21 bits per heavy atom. The van der Waals surface area contributed by atoms with Gasteiger partial charge in [-0.3, -0.25) is 0 Å². The number of rotatable bonds is 5. The Balaban J connectivity index is 2.06. The molecule has 0 saturated heterocycles. The molecular formula is C13H21N3O2S. The maximum absolute atomic E-state index is 12.2. The molecule has 2 rings (SSSR count). The van der Waals surface area contributed by atoms with Gasteiger partial charge in [-0.2, -0.15) is 0 Å². The van der Waals surface area contributed by atoms with Crippen LogP contribution in [0.4, 0.5) is 5.69 Å². The minimum Gasteiger partial charge on any atom is -0.386 e. The fourth-order valence-corrected chi connectivity index (χ4v) is 3.85. The van der Waals surface area contributed by atoms with Crippen molar-refractivity contribution in [1.82, 2.24) is 9.71 Å². The Morgan fingerprint density at radius 3 is 2.84 bits per heavy atom. The van der Waals surface area contributed by atoms with Gasteiger partial charge in [0, 0.05) is 19.8 Å². The van der Waals surface area contributed by atoms with Crippen LogP contribution in [0.5, 0.6) is 0 Å². The van der Waals surface area contributed by atoms with Gasteiger partial charge in [0.1, 0.15) is 0 Å². The van der Waals surface area contributed by atoms with Crippen LogP contribution < -0.4 is 10.0 Å². The summed E-state index contributed by atoms with van der Waals surface area (Å²) in [6, 6.07) is 3.42. The second-order valence-electron chi connectivity index (χ2n) is 5.24. The van der Waals surface area contributed by atoms with Crippen molar-refractivity contribution in [1.29, 1.82) is 0 Å². The molecule has 1 fully saturated rings. The highest BCUT2D eigenvalue weighted by Crippen LogP contribution is 2.30. The number of pyridine rings is 1. The van der Waals surface area contributed by atoms with Crippen LogP contribution in [0.25, 0.3) is 0 Å². The molecule has 0 spiro atoms. The highest BCUT2D eigenvalue weighted by molar-refractivity contribution is 7.89. The van der Waals surface area contributed by atoms with Gasteiger partial charge in [-0.1, -0.05) is 13.3 Å². The molecule has 2 N–H and O–H groups in total. The summed E-state index contributed by atoms with van der Waals surface area (Å²) < 4.78 is 27.2. The number of hydrogen-bond donors (Lipinski definition) is 2. The summed E-state index contributed by atoms with van der Waals surface area (Å²) in [6.45, 7) is 2.72. The fraction of sp³-hybridized carbons (Fsp3) is 0.615. The summed E-state index contributed by atoms with van der Waals surface area (Å²) in [6.07, 6.45) is 4.89. The lowest BCUT2D eigenvalue weighted by Gasteiger charge is -2.13. The van der Waals surface area contributed by atoms with Crippen LogP contribution in [0.3, 0.4) is 0 Å². The van der Waals surface area contributed by atoms with Gasteiger partial charge in [0.2, 0.25) is 0 Å². The molecule has 0 bridgehead atoms. The Hall–Kier alpha value is -1.14. The zero-order valence-corrected chi connectivity index (χ0v) is 12.2. The molecule has 6 heteroatoms. The largest absolute Gasteiger partial charge is 0.386 e. The third-order valence-electron chi connectivity index (χ3n) is 3.66. The number of sulfonamides is 1. The zero-order valence-electron chi connectivity index (χ0n) is 11.4. The van der Waals surface area contributed by atoms with Crippen molar-refractivity contribution in [2.24, 2.45) is 11.8 Å². The molecule has 0 aromatic carbocycles. The van der Waals surface area contributed by atoms with Crippen molar-refractivity contribution in [2.45, 2.75) is 31.2 Å². The van der Waals surface area contributed by atoms with Gasteiger partial charge in [0.15, 0.2) is 5.03 Å². The van der Waals surface area contributed by atoms with Crippen LogP contribution >= 0.6 is 0 Å². The van der Waals surface area contributed by atoms with Gasteiger partial charge in [-0.05, 0) is 36.8 Å². The molecule has 1 saturated carbocycles. The molecule has 19 heavy (non-hydrogen) atoms. The van der Waals surface area contributed by atoms with Gasteiger partial charge >= 0.3 is 0 Å². The minimum absolute atomic E-state index is 0.0727. The maximum Gasteiger partial charge on any atom is 0.260 e. The van der Waals surface area contributed by atoms with E-state index in [1.54, 1.807) is 19.2 Å². The first-order valence-electron chi connectivity index (χ1n) is 6.65. The molecule has 106 valence electrons. The first-order chi connectivity index (χ1) is 9.03. The quantitative estimate of drug-likeness (QED) is 0.865. The molecular weight excluding hydrogens is 262 g/mol. The standard InChI is InChI=1S/C13H21N3O2S/c1-10-5-6-11(8-10)9-16-19(17,18)13-12(14-2)4-3-7-15-13/h3-4,7,10-11,14,16H,5-6,8-9H2,1-2H3. The summed E-state index contributed by atoms with van der Waals surface area (Å²) in [5, 5.41) is 2.93. The first-order valence-corrected chi connectivity index (χ1v) is 8.13. The molecule has 2 unspecified atom stereocenters. The van der Waals surface area contributed by atoms with Crippen LogP contribution in [-0.4, -0.2) is 27.0 Å². The van der Waals surface area contributed by atoms with Crippen molar-refractivity contribution < 1.29 is 8.42 Å². The molecule has 1 aliphatic rings. The Morgan fingerprint density at radius 1 is 1.42 bits per heavy atom. The molecule has 2 atom stereocenters. The van der Waals surface area contributed by atoms with Gasteiger partial charge in [0.25, 0.3) is 10.0 Å². The average Bonchev–Trinajstić information content (AvgIpc) is 2.82. The number of nitrogens with zero attached hydrogens (tertiary/aromatic N) is 1. The molecule has 1 aliphatic carbocycles. The number of aromatic nitrogens is 1. The van der Waals surface area contributed by atoms with Crippen molar-refractivity contribution in [3.63, 3.8) is 0 Å².